The Balaban J connectivity index is 1.42. The highest BCUT2D eigenvalue weighted by molar-refractivity contribution is 5.90. The quantitative estimate of drug-likeness (QED) is 0.185. The van der Waals surface area contributed by atoms with E-state index in [-0.39, 0.29) is 29.4 Å². The van der Waals surface area contributed by atoms with Gasteiger partial charge < -0.3 is 19.5 Å². The van der Waals surface area contributed by atoms with Crippen molar-refractivity contribution in [2.75, 3.05) is 25.1 Å². The fourth-order valence-corrected chi connectivity index (χ4v) is 6.68. The molecule has 4 heterocycles. The second-order valence-electron chi connectivity index (χ2n) is 12.8. The average molecular weight is 697 g/mol. The van der Waals surface area contributed by atoms with Crippen LogP contribution in [0.3, 0.4) is 0 Å². The summed E-state index contributed by atoms with van der Waals surface area (Å²) in [6.45, 7) is 5.58. The first-order valence-corrected chi connectivity index (χ1v) is 15.6. The molecule has 1 amide bonds. The van der Waals surface area contributed by atoms with Gasteiger partial charge in [-0.25, -0.2) is 28.3 Å². The normalized spacial score (nSPS) is 18.6. The molecule has 4 aromatic rings. The predicted octanol–water partition coefficient (Wildman–Crippen LogP) is 8.00. The van der Waals surface area contributed by atoms with Gasteiger partial charge in [0.25, 0.3) is 5.92 Å². The first-order chi connectivity index (χ1) is 23.5. The summed E-state index contributed by atoms with van der Waals surface area (Å²) in [7, 11) is 1.43. The molecule has 0 spiro atoms. The minimum atomic E-state index is -4.60. The van der Waals surface area contributed by atoms with Crippen molar-refractivity contribution in [2.45, 2.75) is 58.5 Å². The maximum atomic E-state index is 13.9. The fraction of sp³-hybridized carbons (Fsp3) is 0.333. The van der Waals surface area contributed by atoms with Crippen molar-refractivity contribution in [3.8, 4) is 28.1 Å². The number of aromatic carboxylic acids is 1. The van der Waals surface area contributed by atoms with E-state index in [0.29, 0.717) is 38.9 Å². The number of cyclic esters (lactones) is 1. The van der Waals surface area contributed by atoms with Crippen molar-refractivity contribution in [3.63, 3.8) is 0 Å². The molecule has 2 fully saturated rings. The van der Waals surface area contributed by atoms with Gasteiger partial charge in [0, 0.05) is 29.1 Å². The van der Waals surface area contributed by atoms with Gasteiger partial charge in [-0.2, -0.15) is 13.2 Å². The zero-order valence-electron chi connectivity index (χ0n) is 27.7. The molecule has 2 atom stereocenters. The van der Waals surface area contributed by atoms with Gasteiger partial charge in [-0.1, -0.05) is 11.6 Å². The van der Waals surface area contributed by atoms with E-state index in [4.69, 9.17) is 9.47 Å². The van der Waals surface area contributed by atoms with Crippen LogP contribution in [-0.2, 0) is 17.5 Å². The van der Waals surface area contributed by atoms with Crippen LogP contribution in [0, 0.1) is 20.8 Å². The Labute approximate surface area is 284 Å². The molecule has 2 saturated heterocycles. The van der Waals surface area contributed by atoms with Gasteiger partial charge in [0.05, 0.1) is 43.9 Å². The lowest BCUT2D eigenvalue weighted by atomic mass is 9.92. The SMILES string of the molecule is COc1ncc(-c2c(C)cc(C(=O)O)cc2C)cc1-c1cnc(N2CC(F)(F)C2)cc1CN1C(=O)O[C@H](c2cc(C)cc(C(F)(F)F)c2)[C@@H]1C. The van der Waals surface area contributed by atoms with Crippen LogP contribution in [0.15, 0.2) is 54.9 Å². The number of hydrogen-bond acceptors (Lipinski definition) is 7. The number of methoxy groups -OCH3 is 1. The molecule has 0 unspecified atom stereocenters. The van der Waals surface area contributed by atoms with Gasteiger partial charge in [-0.3, -0.25) is 4.90 Å². The van der Waals surface area contributed by atoms with E-state index in [1.54, 1.807) is 57.3 Å². The lowest BCUT2D eigenvalue weighted by Crippen LogP contribution is -2.56. The molecule has 2 aromatic heterocycles. The zero-order valence-corrected chi connectivity index (χ0v) is 27.7. The molecule has 14 heteroatoms. The van der Waals surface area contributed by atoms with E-state index < -0.39 is 55.0 Å². The fourth-order valence-electron chi connectivity index (χ4n) is 6.68. The number of aromatic nitrogens is 2. The topological polar surface area (TPSA) is 105 Å². The Morgan fingerprint density at radius 1 is 1.00 bits per heavy atom. The molecule has 262 valence electrons. The molecule has 9 nitrogen and oxygen atoms in total. The molecule has 50 heavy (non-hydrogen) atoms. The standard InChI is InChI=1S/C36H33F5N4O5/c1-18-6-22(10-26(7-18)36(39,40)41)31-21(4)45(34(48)50-31)15-25-12-29(44-16-35(37,38)17-44)42-14-28(25)27-11-24(13-43-32(27)49-5)30-19(2)8-23(33(46)47)9-20(30)3/h6-14,21,31H,15-17H2,1-5H3,(H,46,47)/t21-,31-/m0/s1. The summed E-state index contributed by atoms with van der Waals surface area (Å²) >= 11 is 0. The van der Waals surface area contributed by atoms with Crippen molar-refractivity contribution in [3.05, 3.63) is 93.8 Å². The van der Waals surface area contributed by atoms with Crippen LogP contribution >= 0.6 is 0 Å². The van der Waals surface area contributed by atoms with Gasteiger partial charge in [-0.05, 0) is 91.9 Å². The maximum Gasteiger partial charge on any atom is 0.416 e. The number of anilines is 1. The number of carboxylic acids is 1. The van der Waals surface area contributed by atoms with Crippen molar-refractivity contribution < 1.29 is 46.1 Å². The lowest BCUT2D eigenvalue weighted by Gasteiger charge is -2.39. The van der Waals surface area contributed by atoms with E-state index in [1.807, 2.05) is 0 Å². The molecule has 2 aromatic carbocycles. The first-order valence-electron chi connectivity index (χ1n) is 15.6. The number of hydrogen-bond donors (Lipinski definition) is 1. The van der Waals surface area contributed by atoms with E-state index in [9.17, 15) is 36.6 Å². The van der Waals surface area contributed by atoms with E-state index in [1.165, 1.54) is 30.0 Å². The smallest absolute Gasteiger partial charge is 0.416 e. The third kappa shape index (κ3) is 6.53. The van der Waals surface area contributed by atoms with Gasteiger partial charge in [0.2, 0.25) is 5.88 Å². The Morgan fingerprint density at radius 2 is 1.68 bits per heavy atom. The van der Waals surface area contributed by atoms with Gasteiger partial charge >= 0.3 is 18.2 Å². The molecular weight excluding hydrogens is 663 g/mol. The summed E-state index contributed by atoms with van der Waals surface area (Å²) in [5.74, 6) is -3.49. The van der Waals surface area contributed by atoms with Gasteiger partial charge in [0.15, 0.2) is 0 Å². The molecule has 2 aliphatic heterocycles. The minimum Gasteiger partial charge on any atom is -0.481 e. The van der Waals surface area contributed by atoms with Crippen LogP contribution in [0.4, 0.5) is 32.6 Å². The molecule has 2 aliphatic rings. The maximum absolute atomic E-state index is 13.9. The molecule has 0 bridgehead atoms. The number of amides is 1. The summed E-state index contributed by atoms with van der Waals surface area (Å²) in [4.78, 5) is 36.7. The Morgan fingerprint density at radius 3 is 2.28 bits per heavy atom. The number of alkyl halides is 5. The number of aryl methyl sites for hydroxylation is 3. The molecular formula is C36H33F5N4O5. The third-order valence-electron chi connectivity index (χ3n) is 9.03. The van der Waals surface area contributed by atoms with Crippen LogP contribution in [0.5, 0.6) is 5.88 Å². The largest absolute Gasteiger partial charge is 0.481 e. The monoisotopic (exact) mass is 696 g/mol. The van der Waals surface area contributed by atoms with Gasteiger partial charge in [-0.15, -0.1) is 0 Å². The number of nitrogens with zero attached hydrogens (tertiary/aromatic N) is 4. The summed E-state index contributed by atoms with van der Waals surface area (Å²) < 4.78 is 79.9. The first kappa shape index (κ1) is 34.6. The molecule has 6 rings (SSSR count). The number of carboxylic acid groups (broad SMARTS) is 1. The van der Waals surface area contributed by atoms with Crippen molar-refractivity contribution >= 4 is 17.9 Å². The van der Waals surface area contributed by atoms with Crippen molar-refractivity contribution in [1.82, 2.24) is 14.9 Å². The zero-order chi connectivity index (χ0) is 36.3. The number of pyridine rings is 2. The number of benzene rings is 2. The van der Waals surface area contributed by atoms with Crippen molar-refractivity contribution in [2.24, 2.45) is 0 Å². The highest BCUT2D eigenvalue weighted by atomic mass is 19.4. The van der Waals surface area contributed by atoms with Crippen LogP contribution < -0.4 is 9.64 Å². The molecule has 0 aliphatic carbocycles. The van der Waals surface area contributed by atoms with Crippen LogP contribution in [0.2, 0.25) is 0 Å². The lowest BCUT2D eigenvalue weighted by molar-refractivity contribution is -0.137. The highest BCUT2D eigenvalue weighted by Gasteiger charge is 2.45. The molecule has 0 saturated carbocycles. The van der Waals surface area contributed by atoms with E-state index >= 15 is 0 Å². The summed E-state index contributed by atoms with van der Waals surface area (Å²) in [6.07, 6.45) is -3.30. The van der Waals surface area contributed by atoms with Crippen LogP contribution in [0.1, 0.15) is 56.8 Å². The van der Waals surface area contributed by atoms with Gasteiger partial charge in [0.1, 0.15) is 11.9 Å². The minimum absolute atomic E-state index is 0.109. The highest BCUT2D eigenvalue weighted by Crippen LogP contribution is 2.42. The third-order valence-corrected chi connectivity index (χ3v) is 9.03. The van der Waals surface area contributed by atoms with Crippen LogP contribution in [-0.4, -0.2) is 64.2 Å². The average Bonchev–Trinajstić information content (AvgIpc) is 3.31. The second kappa shape index (κ2) is 12.6. The van der Waals surface area contributed by atoms with E-state index in [2.05, 4.69) is 9.97 Å². The number of rotatable bonds is 8. The predicted molar refractivity (Wildman–Crippen MR) is 173 cm³/mol. The number of carbonyl (C=O) groups excluding carboxylic acids is 1. The molecule has 1 N–H and O–H groups in total. The Bertz CT molecular complexity index is 1990. The van der Waals surface area contributed by atoms with E-state index in [0.717, 1.165) is 17.7 Å². The number of halogens is 5. The van der Waals surface area contributed by atoms with Crippen LogP contribution in [0.25, 0.3) is 22.3 Å². The second-order valence-corrected chi connectivity index (χ2v) is 12.8. The Hall–Kier alpha value is -5.27. The van der Waals surface area contributed by atoms with Crippen molar-refractivity contribution in [1.29, 1.82) is 0 Å². The molecule has 0 radical (unpaired) electrons. The summed E-state index contributed by atoms with van der Waals surface area (Å²) in [6, 6.07) is 9.32. The number of ether oxygens (including phenoxy) is 2. The Kier molecular flexibility index (Phi) is 8.69. The summed E-state index contributed by atoms with van der Waals surface area (Å²) in [5.41, 5.74) is 3.98. The summed E-state index contributed by atoms with van der Waals surface area (Å²) in [5, 5.41) is 9.53. The number of carbonyl (C=O) groups is 2.